The van der Waals surface area contributed by atoms with Crippen molar-refractivity contribution in [2.75, 3.05) is 5.32 Å². The lowest BCUT2D eigenvalue weighted by molar-refractivity contribution is -0.274. The molecule has 0 saturated heterocycles. The number of phenols is 1. The van der Waals surface area contributed by atoms with Gasteiger partial charge in [0.05, 0.1) is 11.0 Å². The van der Waals surface area contributed by atoms with Gasteiger partial charge in [-0.25, -0.2) is 4.98 Å². The molecule has 1 aliphatic carbocycles. The number of anilines is 2. The number of rotatable bonds is 5. The third-order valence-corrected chi connectivity index (χ3v) is 7.59. The number of imidazole rings is 1. The monoisotopic (exact) mass is 537 g/mol. The number of nitrogens with zero attached hydrogens (tertiary/aromatic N) is 2. The smallest absolute Gasteiger partial charge is 0.507 e. The summed E-state index contributed by atoms with van der Waals surface area (Å²) >= 11 is 0. The highest BCUT2D eigenvalue weighted by Gasteiger charge is 2.35. The summed E-state index contributed by atoms with van der Waals surface area (Å²) in [5.74, 6) is 1.23. The Hall–Kier alpha value is -3.68. The average Bonchev–Trinajstić information content (AvgIpc) is 3.18. The Balaban J connectivity index is 1.57. The Morgan fingerprint density at radius 3 is 2.26 bits per heavy atom. The molecule has 1 aromatic heterocycles. The Kier molecular flexibility index (Phi) is 6.77. The summed E-state index contributed by atoms with van der Waals surface area (Å²) in [5.41, 5.74) is 6.25. The van der Waals surface area contributed by atoms with Crippen LogP contribution in [0.15, 0.2) is 54.6 Å². The van der Waals surface area contributed by atoms with Crippen molar-refractivity contribution < 1.29 is 23.0 Å². The summed E-state index contributed by atoms with van der Waals surface area (Å²) in [4.78, 5) is 4.98. The van der Waals surface area contributed by atoms with Crippen molar-refractivity contribution in [1.82, 2.24) is 9.55 Å². The van der Waals surface area contributed by atoms with E-state index in [1.165, 1.54) is 12.1 Å². The van der Waals surface area contributed by atoms with Gasteiger partial charge in [-0.15, -0.1) is 13.2 Å². The molecule has 5 rings (SSSR count). The summed E-state index contributed by atoms with van der Waals surface area (Å²) < 4.78 is 44.1. The lowest BCUT2D eigenvalue weighted by atomic mass is 9.70. The van der Waals surface area contributed by atoms with E-state index in [1.54, 1.807) is 12.1 Å². The number of aromatic hydroxyl groups is 1. The number of ether oxygens (including phenoxy) is 1. The van der Waals surface area contributed by atoms with Crippen molar-refractivity contribution in [1.29, 1.82) is 0 Å². The fraction of sp³-hybridized carbons (Fsp3) is 0.387. The number of hydrogen-bond donors (Lipinski definition) is 2. The Morgan fingerprint density at radius 1 is 0.974 bits per heavy atom. The third kappa shape index (κ3) is 5.84. The first-order chi connectivity index (χ1) is 18.3. The number of aromatic nitrogens is 2. The molecule has 1 fully saturated rings. The average molecular weight is 538 g/mol. The molecule has 206 valence electrons. The van der Waals surface area contributed by atoms with E-state index in [0.717, 1.165) is 52.5 Å². The van der Waals surface area contributed by atoms with E-state index >= 15 is 0 Å². The largest absolute Gasteiger partial charge is 0.573 e. The second-order valence-corrected chi connectivity index (χ2v) is 11.7. The van der Waals surface area contributed by atoms with Crippen molar-refractivity contribution in [2.45, 2.75) is 66.3 Å². The molecule has 39 heavy (non-hydrogen) atoms. The third-order valence-electron chi connectivity index (χ3n) is 7.59. The maximum absolute atomic E-state index is 12.6. The Bertz CT molecular complexity index is 1480. The summed E-state index contributed by atoms with van der Waals surface area (Å²) in [5, 5.41) is 13.6. The van der Waals surface area contributed by atoms with Gasteiger partial charge in [0, 0.05) is 11.7 Å². The van der Waals surface area contributed by atoms with Crippen LogP contribution in [-0.4, -0.2) is 21.0 Å². The molecule has 0 aliphatic heterocycles. The second kappa shape index (κ2) is 9.81. The molecule has 0 spiro atoms. The topological polar surface area (TPSA) is 59.3 Å². The van der Waals surface area contributed by atoms with Crippen LogP contribution >= 0.6 is 0 Å². The van der Waals surface area contributed by atoms with Gasteiger partial charge in [-0.1, -0.05) is 26.8 Å². The molecular formula is C31H34F3N3O2. The molecule has 1 heterocycles. The summed E-state index contributed by atoms with van der Waals surface area (Å²) in [6, 6.07) is 16.1. The molecule has 3 aromatic carbocycles. The van der Waals surface area contributed by atoms with Crippen LogP contribution in [0, 0.1) is 25.2 Å². The van der Waals surface area contributed by atoms with Crippen LogP contribution in [0.2, 0.25) is 0 Å². The highest BCUT2D eigenvalue weighted by molar-refractivity contribution is 5.85. The number of hydrogen-bond acceptors (Lipinski definition) is 4. The SMILES string of the molecule is Cc1cc(-c2ccc3c(c2)nc(Nc2ccc(OC(F)(F)F)cc2)n3C2CC(C)CC(C)(C)C2)cc(C)c1O. The maximum Gasteiger partial charge on any atom is 0.573 e. The first-order valence-electron chi connectivity index (χ1n) is 13.2. The minimum atomic E-state index is -4.74. The van der Waals surface area contributed by atoms with Gasteiger partial charge < -0.3 is 19.7 Å². The van der Waals surface area contributed by atoms with Crippen LogP contribution in [-0.2, 0) is 0 Å². The zero-order chi connectivity index (χ0) is 28.1. The molecule has 2 atom stereocenters. The standard InChI is InChI=1S/C31H34F3N3O2/c1-18-12-24(17-30(4,5)16-18)37-27-11-6-21(22-13-19(2)28(38)20(3)14-22)15-26(27)36-29(37)35-23-7-9-25(10-8-23)39-31(32,33)34/h6-11,13-15,18,24,38H,12,16-17H2,1-5H3,(H,35,36). The van der Waals surface area contributed by atoms with Crippen molar-refractivity contribution in [3.63, 3.8) is 0 Å². The lowest BCUT2D eigenvalue weighted by Crippen LogP contribution is -2.29. The molecule has 5 nitrogen and oxygen atoms in total. The van der Waals surface area contributed by atoms with E-state index < -0.39 is 6.36 Å². The number of halogens is 3. The van der Waals surface area contributed by atoms with Gasteiger partial charge in [-0.3, -0.25) is 0 Å². The summed E-state index contributed by atoms with van der Waals surface area (Å²) in [7, 11) is 0. The molecule has 1 saturated carbocycles. The van der Waals surface area contributed by atoms with Gasteiger partial charge in [0.2, 0.25) is 5.95 Å². The molecule has 2 unspecified atom stereocenters. The Morgan fingerprint density at radius 2 is 1.64 bits per heavy atom. The number of alkyl halides is 3. The first kappa shape index (κ1) is 26.9. The molecule has 0 amide bonds. The van der Waals surface area contributed by atoms with Crippen LogP contribution < -0.4 is 10.1 Å². The van der Waals surface area contributed by atoms with E-state index in [2.05, 4.69) is 53.6 Å². The van der Waals surface area contributed by atoms with Crippen LogP contribution in [0.25, 0.3) is 22.2 Å². The molecular weight excluding hydrogens is 503 g/mol. The van der Waals surface area contributed by atoms with Crippen molar-refractivity contribution in [2.24, 2.45) is 11.3 Å². The predicted octanol–water partition coefficient (Wildman–Crippen LogP) is 9.06. The van der Waals surface area contributed by atoms with E-state index in [4.69, 9.17) is 4.98 Å². The van der Waals surface area contributed by atoms with Crippen LogP contribution in [0.3, 0.4) is 0 Å². The highest BCUT2D eigenvalue weighted by Crippen LogP contribution is 2.46. The molecule has 2 N–H and O–H groups in total. The first-order valence-corrected chi connectivity index (χ1v) is 13.2. The second-order valence-electron chi connectivity index (χ2n) is 11.7. The molecule has 8 heteroatoms. The number of nitrogens with one attached hydrogen (secondary N) is 1. The van der Waals surface area contributed by atoms with Gasteiger partial charge in [0.25, 0.3) is 0 Å². The van der Waals surface area contributed by atoms with Gasteiger partial charge in [0.1, 0.15) is 11.5 Å². The van der Waals surface area contributed by atoms with E-state index in [0.29, 0.717) is 23.3 Å². The van der Waals surface area contributed by atoms with E-state index in [-0.39, 0.29) is 17.2 Å². The zero-order valence-corrected chi connectivity index (χ0v) is 22.9. The number of benzene rings is 3. The van der Waals surface area contributed by atoms with Crippen LogP contribution in [0.1, 0.15) is 57.2 Å². The van der Waals surface area contributed by atoms with Gasteiger partial charge in [-0.2, -0.15) is 0 Å². The molecule has 0 radical (unpaired) electrons. The minimum Gasteiger partial charge on any atom is -0.507 e. The van der Waals surface area contributed by atoms with Gasteiger partial charge >= 0.3 is 6.36 Å². The number of aryl methyl sites for hydroxylation is 2. The minimum absolute atomic E-state index is 0.174. The fourth-order valence-electron chi connectivity index (χ4n) is 6.22. The highest BCUT2D eigenvalue weighted by atomic mass is 19.4. The van der Waals surface area contributed by atoms with Crippen LogP contribution in [0.4, 0.5) is 24.8 Å². The van der Waals surface area contributed by atoms with Gasteiger partial charge in [-0.05, 0) is 115 Å². The van der Waals surface area contributed by atoms with E-state index in [1.807, 2.05) is 26.0 Å². The summed E-state index contributed by atoms with van der Waals surface area (Å²) in [6.07, 6.45) is -1.57. The van der Waals surface area contributed by atoms with Crippen molar-refractivity contribution in [3.8, 4) is 22.6 Å². The van der Waals surface area contributed by atoms with Gasteiger partial charge in [0.15, 0.2) is 0 Å². The zero-order valence-electron chi connectivity index (χ0n) is 22.9. The molecule has 0 bridgehead atoms. The maximum atomic E-state index is 12.6. The fourth-order valence-corrected chi connectivity index (χ4v) is 6.22. The lowest BCUT2D eigenvalue weighted by Gasteiger charge is -2.40. The number of fused-ring (bicyclic) bond motifs is 1. The van der Waals surface area contributed by atoms with Crippen molar-refractivity contribution in [3.05, 3.63) is 65.7 Å². The van der Waals surface area contributed by atoms with E-state index in [9.17, 15) is 18.3 Å². The predicted molar refractivity (Wildman–Crippen MR) is 149 cm³/mol. The Labute approximate surface area is 226 Å². The quantitative estimate of drug-likeness (QED) is 0.267. The van der Waals surface area contributed by atoms with Crippen molar-refractivity contribution >= 4 is 22.7 Å². The molecule has 4 aromatic rings. The van der Waals surface area contributed by atoms with Crippen LogP contribution in [0.5, 0.6) is 11.5 Å². The summed E-state index contributed by atoms with van der Waals surface area (Å²) in [6.45, 7) is 10.7. The molecule has 1 aliphatic rings. The normalized spacial score (nSPS) is 19.3. The number of phenolic OH excluding ortho intramolecular Hbond substituents is 1.